The molecule has 0 aliphatic carbocycles. The van der Waals surface area contributed by atoms with Crippen molar-refractivity contribution in [2.75, 3.05) is 0 Å². The molecule has 3 rings (SSSR count). The molecule has 0 aliphatic rings. The molecular weight excluding hydrogens is 274 g/mol. The summed E-state index contributed by atoms with van der Waals surface area (Å²) in [6.07, 6.45) is 1.55. The van der Waals surface area contributed by atoms with Gasteiger partial charge in [0.05, 0.1) is 0 Å². The summed E-state index contributed by atoms with van der Waals surface area (Å²) in [6.45, 7) is 0. The lowest BCUT2D eigenvalue weighted by atomic mass is 9.85. The number of carboxylic acid groups (broad SMARTS) is 1. The second kappa shape index (κ2) is 6.22. The largest absolute Gasteiger partial charge is 0.477 e. The number of carboxylic acids is 1. The number of nitrogens with zero attached hydrogens (tertiary/aromatic N) is 1. The lowest BCUT2D eigenvalue weighted by molar-refractivity contribution is 0.0690. The zero-order valence-corrected chi connectivity index (χ0v) is 11.9. The molecule has 1 heterocycles. The number of pyridine rings is 1. The Labute approximate surface area is 128 Å². The molecule has 3 heteroatoms. The first-order valence-electron chi connectivity index (χ1n) is 7.05. The van der Waals surface area contributed by atoms with E-state index < -0.39 is 5.97 Å². The molecule has 0 spiro atoms. The van der Waals surface area contributed by atoms with Crippen LogP contribution in [-0.2, 0) is 0 Å². The number of carbonyl (C=O) groups is 1. The van der Waals surface area contributed by atoms with Gasteiger partial charge >= 0.3 is 5.97 Å². The van der Waals surface area contributed by atoms with Gasteiger partial charge in [-0.2, -0.15) is 0 Å². The van der Waals surface area contributed by atoms with Crippen molar-refractivity contribution in [3.63, 3.8) is 0 Å². The lowest BCUT2D eigenvalue weighted by Crippen LogP contribution is -2.07. The fraction of sp³-hybridized carbons (Fsp3) is 0.0526. The highest BCUT2D eigenvalue weighted by atomic mass is 16.4. The van der Waals surface area contributed by atoms with Crippen molar-refractivity contribution in [3.05, 3.63) is 101 Å². The predicted molar refractivity (Wildman–Crippen MR) is 85.0 cm³/mol. The van der Waals surface area contributed by atoms with Crippen LogP contribution in [0.5, 0.6) is 0 Å². The Balaban J connectivity index is 2.14. The molecule has 0 amide bonds. The maximum atomic E-state index is 11.2. The van der Waals surface area contributed by atoms with Crippen molar-refractivity contribution in [2.24, 2.45) is 0 Å². The number of benzene rings is 2. The molecule has 0 saturated carbocycles. The van der Waals surface area contributed by atoms with E-state index in [1.165, 1.54) is 0 Å². The van der Waals surface area contributed by atoms with E-state index in [1.54, 1.807) is 12.3 Å². The summed E-state index contributed by atoms with van der Waals surface area (Å²) >= 11 is 0. The van der Waals surface area contributed by atoms with Crippen molar-refractivity contribution in [3.8, 4) is 0 Å². The van der Waals surface area contributed by atoms with Gasteiger partial charge in [0.15, 0.2) is 0 Å². The number of aromatic nitrogens is 1. The Bertz CT molecular complexity index is 730. The highest BCUT2D eigenvalue weighted by molar-refractivity contribution is 5.85. The monoisotopic (exact) mass is 289 g/mol. The minimum absolute atomic E-state index is 0.0106. The summed E-state index contributed by atoms with van der Waals surface area (Å²) in [7, 11) is 0. The minimum atomic E-state index is -1.01. The Kier molecular flexibility index (Phi) is 3.97. The highest BCUT2D eigenvalue weighted by Crippen LogP contribution is 2.31. The Morgan fingerprint density at radius 1 is 0.818 bits per heavy atom. The molecule has 0 saturated heterocycles. The fourth-order valence-corrected chi connectivity index (χ4v) is 2.61. The molecule has 22 heavy (non-hydrogen) atoms. The van der Waals surface area contributed by atoms with Crippen molar-refractivity contribution >= 4 is 5.97 Å². The van der Waals surface area contributed by atoms with Crippen LogP contribution in [0.1, 0.15) is 33.1 Å². The predicted octanol–water partition coefficient (Wildman–Crippen LogP) is 3.96. The number of rotatable bonds is 4. The van der Waals surface area contributed by atoms with Crippen molar-refractivity contribution in [1.29, 1.82) is 0 Å². The first kappa shape index (κ1) is 14.0. The number of hydrogen-bond donors (Lipinski definition) is 1. The van der Waals surface area contributed by atoms with Crippen LogP contribution in [0.2, 0.25) is 0 Å². The van der Waals surface area contributed by atoms with Gasteiger partial charge in [0, 0.05) is 12.1 Å². The maximum Gasteiger partial charge on any atom is 0.354 e. The first-order chi connectivity index (χ1) is 10.8. The quantitative estimate of drug-likeness (QED) is 0.791. The van der Waals surface area contributed by atoms with E-state index in [2.05, 4.69) is 29.2 Å². The van der Waals surface area contributed by atoms with Crippen molar-refractivity contribution in [1.82, 2.24) is 4.98 Å². The standard InChI is InChI=1S/C19H15NO2/c21-19(22)17-13-16(11-12-20-17)18(14-7-3-1-4-8-14)15-9-5-2-6-10-15/h1-13,18H,(H,21,22). The third-order valence-electron chi connectivity index (χ3n) is 3.60. The molecular formula is C19H15NO2. The van der Waals surface area contributed by atoms with Crippen LogP contribution in [-0.4, -0.2) is 16.1 Å². The summed E-state index contributed by atoms with van der Waals surface area (Å²) in [4.78, 5) is 15.1. The Morgan fingerprint density at radius 3 is 1.86 bits per heavy atom. The molecule has 3 aromatic rings. The van der Waals surface area contributed by atoms with Gasteiger partial charge < -0.3 is 5.11 Å². The van der Waals surface area contributed by atoms with Crippen LogP contribution >= 0.6 is 0 Å². The topological polar surface area (TPSA) is 50.2 Å². The second-order valence-electron chi connectivity index (χ2n) is 5.03. The molecule has 3 nitrogen and oxygen atoms in total. The molecule has 108 valence electrons. The summed E-state index contributed by atoms with van der Waals surface area (Å²) in [6, 6.07) is 23.6. The van der Waals surface area contributed by atoms with E-state index in [4.69, 9.17) is 5.11 Å². The van der Waals surface area contributed by atoms with Crippen LogP contribution < -0.4 is 0 Å². The van der Waals surface area contributed by atoms with Gasteiger partial charge in [-0.15, -0.1) is 0 Å². The third kappa shape index (κ3) is 2.88. The minimum Gasteiger partial charge on any atom is -0.477 e. The molecule has 0 radical (unpaired) electrons. The Morgan fingerprint density at radius 2 is 1.36 bits per heavy atom. The first-order valence-corrected chi connectivity index (χ1v) is 7.05. The van der Waals surface area contributed by atoms with E-state index in [9.17, 15) is 4.79 Å². The number of hydrogen-bond acceptors (Lipinski definition) is 2. The summed E-state index contributed by atoms with van der Waals surface area (Å²) in [5, 5.41) is 9.17. The summed E-state index contributed by atoms with van der Waals surface area (Å²) < 4.78 is 0. The van der Waals surface area contributed by atoms with Gasteiger partial charge in [-0.3, -0.25) is 0 Å². The van der Waals surface area contributed by atoms with Gasteiger partial charge in [-0.1, -0.05) is 60.7 Å². The average molecular weight is 289 g/mol. The van der Waals surface area contributed by atoms with E-state index in [0.29, 0.717) is 0 Å². The van der Waals surface area contributed by atoms with E-state index in [0.717, 1.165) is 16.7 Å². The van der Waals surface area contributed by atoms with E-state index >= 15 is 0 Å². The molecule has 0 aliphatic heterocycles. The van der Waals surface area contributed by atoms with Crippen LogP contribution in [0.4, 0.5) is 0 Å². The second-order valence-corrected chi connectivity index (χ2v) is 5.03. The lowest BCUT2D eigenvalue weighted by Gasteiger charge is -2.19. The van der Waals surface area contributed by atoms with Crippen LogP contribution in [0, 0.1) is 0 Å². The van der Waals surface area contributed by atoms with Crippen LogP contribution in [0.15, 0.2) is 79.0 Å². The SMILES string of the molecule is O=C(O)c1cc(C(c2ccccc2)c2ccccc2)ccn1. The zero-order chi connectivity index (χ0) is 15.4. The number of aromatic carboxylic acids is 1. The average Bonchev–Trinajstić information content (AvgIpc) is 2.57. The van der Waals surface area contributed by atoms with Crippen molar-refractivity contribution < 1.29 is 9.90 Å². The van der Waals surface area contributed by atoms with Crippen LogP contribution in [0.25, 0.3) is 0 Å². The maximum absolute atomic E-state index is 11.2. The van der Waals surface area contributed by atoms with Gasteiger partial charge in [0.1, 0.15) is 5.69 Å². The van der Waals surface area contributed by atoms with Gasteiger partial charge in [-0.05, 0) is 28.8 Å². The van der Waals surface area contributed by atoms with Crippen molar-refractivity contribution in [2.45, 2.75) is 5.92 Å². The zero-order valence-electron chi connectivity index (χ0n) is 11.9. The summed E-state index contributed by atoms with van der Waals surface area (Å²) in [5.41, 5.74) is 3.23. The van der Waals surface area contributed by atoms with E-state index in [-0.39, 0.29) is 11.6 Å². The normalized spacial score (nSPS) is 10.6. The third-order valence-corrected chi connectivity index (χ3v) is 3.60. The molecule has 1 aromatic heterocycles. The summed E-state index contributed by atoms with van der Waals surface area (Å²) in [5.74, 6) is -1.02. The molecule has 2 aromatic carbocycles. The molecule has 0 fully saturated rings. The van der Waals surface area contributed by atoms with Crippen LogP contribution in [0.3, 0.4) is 0 Å². The molecule has 0 atom stereocenters. The van der Waals surface area contributed by atoms with Gasteiger partial charge in [0.25, 0.3) is 0 Å². The smallest absolute Gasteiger partial charge is 0.354 e. The molecule has 0 bridgehead atoms. The molecule has 1 N–H and O–H groups in total. The van der Waals surface area contributed by atoms with Gasteiger partial charge in [0.2, 0.25) is 0 Å². The fourth-order valence-electron chi connectivity index (χ4n) is 2.61. The van der Waals surface area contributed by atoms with E-state index in [1.807, 2.05) is 42.5 Å². The Hall–Kier alpha value is -2.94. The molecule has 0 unspecified atom stereocenters. The van der Waals surface area contributed by atoms with Gasteiger partial charge in [-0.25, -0.2) is 9.78 Å². The highest BCUT2D eigenvalue weighted by Gasteiger charge is 2.18.